The van der Waals surface area contributed by atoms with Crippen LogP contribution in [0.4, 0.5) is 14.7 Å². The van der Waals surface area contributed by atoms with Gasteiger partial charge in [0.1, 0.15) is 0 Å². The van der Waals surface area contributed by atoms with E-state index in [9.17, 15) is 13.6 Å². The maximum atomic E-state index is 13.9. The summed E-state index contributed by atoms with van der Waals surface area (Å²) in [5.74, 6) is -2.27. The van der Waals surface area contributed by atoms with Gasteiger partial charge < -0.3 is 5.32 Å². The topological polar surface area (TPSA) is 72.7 Å². The van der Waals surface area contributed by atoms with Crippen LogP contribution in [-0.2, 0) is 0 Å². The summed E-state index contributed by atoms with van der Waals surface area (Å²) in [5.41, 5.74) is 5.91. The minimum absolute atomic E-state index is 0.0538. The third kappa shape index (κ3) is 4.27. The van der Waals surface area contributed by atoms with Crippen LogP contribution in [0.1, 0.15) is 31.2 Å². The Labute approximate surface area is 203 Å². The Morgan fingerprint density at radius 2 is 1.94 bits per heavy atom. The zero-order valence-corrected chi connectivity index (χ0v) is 19.6. The summed E-state index contributed by atoms with van der Waals surface area (Å²) < 4.78 is 29.3. The smallest absolute Gasteiger partial charge is 0.265 e. The SMILES string of the molecule is CC(F)(F)CNc1ncc2cn(-c3ccc4ncsc4c3)c(=O)c(-c3ccc(C4CC4)cc3)c2n1. The summed E-state index contributed by atoms with van der Waals surface area (Å²) in [6, 6.07) is 13.7. The molecule has 1 aliphatic carbocycles. The number of hydrogen-bond acceptors (Lipinski definition) is 6. The first-order valence-electron chi connectivity index (χ1n) is 11.3. The molecule has 0 aliphatic heterocycles. The number of benzene rings is 2. The molecule has 0 unspecified atom stereocenters. The zero-order chi connectivity index (χ0) is 24.2. The second-order valence-corrected chi connectivity index (χ2v) is 9.89. The molecule has 1 fully saturated rings. The van der Waals surface area contributed by atoms with Crippen molar-refractivity contribution in [2.75, 3.05) is 11.9 Å². The summed E-state index contributed by atoms with van der Waals surface area (Å²) in [4.78, 5) is 26.9. The molecule has 2 aromatic carbocycles. The normalized spacial score (nSPS) is 14.0. The molecule has 3 aromatic heterocycles. The molecule has 6 rings (SSSR count). The summed E-state index contributed by atoms with van der Waals surface area (Å²) in [5, 5.41) is 3.21. The summed E-state index contributed by atoms with van der Waals surface area (Å²) in [6.45, 7) is 0.225. The summed E-state index contributed by atoms with van der Waals surface area (Å²) in [6.07, 6.45) is 5.62. The highest BCUT2D eigenvalue weighted by Crippen LogP contribution is 2.40. The molecule has 0 saturated heterocycles. The molecule has 1 saturated carbocycles. The van der Waals surface area contributed by atoms with Gasteiger partial charge in [0.05, 0.1) is 39.0 Å². The number of hydrogen-bond donors (Lipinski definition) is 1. The molecular weight excluding hydrogens is 468 g/mol. The van der Waals surface area contributed by atoms with Gasteiger partial charge in [0.2, 0.25) is 5.95 Å². The summed E-state index contributed by atoms with van der Waals surface area (Å²) in [7, 11) is 0. The molecular formula is C26H21F2N5OS. The largest absolute Gasteiger partial charge is 0.348 e. The quantitative estimate of drug-likeness (QED) is 0.317. The van der Waals surface area contributed by atoms with Gasteiger partial charge in [-0.1, -0.05) is 24.3 Å². The molecule has 6 nitrogen and oxygen atoms in total. The van der Waals surface area contributed by atoms with Crippen molar-refractivity contribution >= 4 is 38.4 Å². The van der Waals surface area contributed by atoms with Crippen molar-refractivity contribution in [3.63, 3.8) is 0 Å². The van der Waals surface area contributed by atoms with Crippen molar-refractivity contribution in [1.82, 2.24) is 19.5 Å². The Hall–Kier alpha value is -3.72. The van der Waals surface area contributed by atoms with E-state index < -0.39 is 12.5 Å². The van der Waals surface area contributed by atoms with E-state index >= 15 is 0 Å². The number of thiazole rings is 1. The average molecular weight is 490 g/mol. The van der Waals surface area contributed by atoms with E-state index in [4.69, 9.17) is 0 Å². The molecule has 0 amide bonds. The van der Waals surface area contributed by atoms with Crippen LogP contribution in [0.5, 0.6) is 0 Å². The number of halogens is 2. The van der Waals surface area contributed by atoms with Gasteiger partial charge in [0.25, 0.3) is 11.5 Å². The van der Waals surface area contributed by atoms with Crippen LogP contribution in [0.15, 0.2) is 65.2 Å². The minimum Gasteiger partial charge on any atom is -0.348 e. The molecule has 1 N–H and O–H groups in total. The first-order valence-corrected chi connectivity index (χ1v) is 12.2. The van der Waals surface area contributed by atoms with Crippen molar-refractivity contribution in [1.29, 1.82) is 0 Å². The fraction of sp³-hybridized carbons (Fsp3) is 0.231. The van der Waals surface area contributed by atoms with E-state index in [0.29, 0.717) is 28.1 Å². The monoisotopic (exact) mass is 489 g/mol. The molecule has 0 spiro atoms. The summed E-state index contributed by atoms with van der Waals surface area (Å²) >= 11 is 1.51. The lowest BCUT2D eigenvalue weighted by molar-refractivity contribution is 0.0366. The van der Waals surface area contributed by atoms with Gasteiger partial charge in [-0.25, -0.2) is 23.7 Å². The van der Waals surface area contributed by atoms with Gasteiger partial charge in [-0.05, 0) is 48.1 Å². The van der Waals surface area contributed by atoms with Crippen LogP contribution in [0.25, 0.3) is 37.9 Å². The van der Waals surface area contributed by atoms with Crippen molar-refractivity contribution in [3.05, 3.63) is 76.3 Å². The highest BCUT2D eigenvalue weighted by atomic mass is 32.1. The van der Waals surface area contributed by atoms with Gasteiger partial charge in [-0.3, -0.25) is 9.36 Å². The number of pyridine rings is 1. The lowest BCUT2D eigenvalue weighted by Crippen LogP contribution is -2.24. The Bertz CT molecular complexity index is 1620. The molecule has 0 radical (unpaired) electrons. The number of nitrogens with one attached hydrogen (secondary N) is 1. The predicted octanol–water partition coefficient (Wildman–Crippen LogP) is 6.00. The predicted molar refractivity (Wildman–Crippen MR) is 135 cm³/mol. The van der Waals surface area contributed by atoms with Crippen molar-refractivity contribution in [2.45, 2.75) is 31.6 Å². The maximum Gasteiger partial charge on any atom is 0.265 e. The second kappa shape index (κ2) is 8.20. The van der Waals surface area contributed by atoms with E-state index in [-0.39, 0.29) is 11.5 Å². The van der Waals surface area contributed by atoms with Gasteiger partial charge >= 0.3 is 0 Å². The molecule has 9 heteroatoms. The van der Waals surface area contributed by atoms with Gasteiger partial charge in [-0.2, -0.15) is 0 Å². The Balaban J connectivity index is 1.54. The van der Waals surface area contributed by atoms with Gasteiger partial charge in [-0.15, -0.1) is 11.3 Å². The molecule has 5 aromatic rings. The van der Waals surface area contributed by atoms with E-state index in [1.165, 1.54) is 29.7 Å². The second-order valence-electron chi connectivity index (χ2n) is 9.00. The number of aromatic nitrogens is 4. The van der Waals surface area contributed by atoms with E-state index in [0.717, 1.165) is 22.7 Å². The maximum absolute atomic E-state index is 13.9. The third-order valence-corrected chi connectivity index (χ3v) is 6.94. The lowest BCUT2D eigenvalue weighted by Gasteiger charge is -2.14. The van der Waals surface area contributed by atoms with E-state index in [1.807, 2.05) is 30.3 Å². The van der Waals surface area contributed by atoms with Crippen LogP contribution >= 0.6 is 11.3 Å². The Kier molecular flexibility index (Phi) is 5.10. The van der Waals surface area contributed by atoms with Crippen molar-refractivity contribution in [2.24, 2.45) is 0 Å². The van der Waals surface area contributed by atoms with Crippen LogP contribution in [0, 0.1) is 0 Å². The van der Waals surface area contributed by atoms with Gasteiger partial charge in [0, 0.05) is 24.7 Å². The zero-order valence-electron chi connectivity index (χ0n) is 18.8. The highest BCUT2D eigenvalue weighted by molar-refractivity contribution is 7.16. The van der Waals surface area contributed by atoms with Gasteiger partial charge in [0.15, 0.2) is 0 Å². The molecule has 3 heterocycles. The van der Waals surface area contributed by atoms with E-state index in [1.54, 1.807) is 22.5 Å². The van der Waals surface area contributed by atoms with Crippen LogP contribution in [-0.4, -0.2) is 32.0 Å². The number of anilines is 1. The lowest BCUT2D eigenvalue weighted by atomic mass is 10.0. The molecule has 0 bridgehead atoms. The number of rotatable bonds is 6. The Morgan fingerprint density at radius 1 is 1.14 bits per heavy atom. The van der Waals surface area contributed by atoms with Crippen LogP contribution in [0.3, 0.4) is 0 Å². The minimum atomic E-state index is -2.92. The van der Waals surface area contributed by atoms with Crippen LogP contribution in [0.2, 0.25) is 0 Å². The number of fused-ring (bicyclic) bond motifs is 2. The molecule has 176 valence electrons. The standard InChI is InChI=1S/C26H21F2N5OS/c1-26(27,28)13-30-25-29-11-18-12-33(19-8-9-20-21(10-19)35-14-31-20)24(34)22(23(18)32-25)17-6-4-16(5-7-17)15-2-3-15/h4-12,14-15H,2-3,13H2,1H3,(H,30,32). The number of alkyl halides is 2. The molecule has 0 atom stereocenters. The van der Waals surface area contributed by atoms with Crippen molar-refractivity contribution < 1.29 is 8.78 Å². The third-order valence-electron chi connectivity index (χ3n) is 6.15. The Morgan fingerprint density at radius 3 is 2.69 bits per heavy atom. The van der Waals surface area contributed by atoms with Crippen LogP contribution < -0.4 is 10.9 Å². The van der Waals surface area contributed by atoms with Crippen molar-refractivity contribution in [3.8, 4) is 16.8 Å². The first-order chi connectivity index (χ1) is 16.9. The fourth-order valence-electron chi connectivity index (χ4n) is 4.21. The molecule has 1 aliphatic rings. The molecule has 35 heavy (non-hydrogen) atoms. The number of nitrogens with zero attached hydrogens (tertiary/aromatic N) is 4. The fourth-order valence-corrected chi connectivity index (χ4v) is 4.92. The first kappa shape index (κ1) is 21.8. The average Bonchev–Trinajstić information content (AvgIpc) is 3.59. The van der Waals surface area contributed by atoms with E-state index in [2.05, 4.69) is 32.4 Å². The highest BCUT2D eigenvalue weighted by Gasteiger charge is 2.24.